The predicted octanol–water partition coefficient (Wildman–Crippen LogP) is 2.54. The van der Waals surface area contributed by atoms with Crippen LogP contribution in [-0.2, 0) is 11.2 Å². The number of ether oxygens (including phenoxy) is 3. The summed E-state index contributed by atoms with van der Waals surface area (Å²) in [4.78, 5) is 13.8. The van der Waals surface area contributed by atoms with Gasteiger partial charge in [0.2, 0.25) is 12.7 Å². The van der Waals surface area contributed by atoms with Gasteiger partial charge >= 0.3 is 0 Å². The second kappa shape index (κ2) is 6.73. The summed E-state index contributed by atoms with van der Waals surface area (Å²) in [6.45, 7) is 2.03. The average Bonchev–Trinajstić information content (AvgIpc) is 3.20. The molecule has 3 rings (SSSR count). The Bertz CT molecular complexity index is 576. The Hall–Kier alpha value is -2.17. The first-order valence-corrected chi connectivity index (χ1v) is 7.70. The number of benzene rings is 1. The molecule has 0 N–H and O–H groups in total. The highest BCUT2D eigenvalue weighted by molar-refractivity contribution is 5.87. The lowest BCUT2D eigenvalue weighted by molar-refractivity contribution is -0.125. The second-order valence-corrected chi connectivity index (χ2v) is 5.49. The van der Waals surface area contributed by atoms with Gasteiger partial charge in [0.25, 0.3) is 0 Å². The molecule has 0 unspecified atom stereocenters. The number of rotatable bonds is 5. The minimum absolute atomic E-state index is 0.121. The summed E-state index contributed by atoms with van der Waals surface area (Å²) in [6, 6.07) is 3.81. The van der Waals surface area contributed by atoms with Crippen molar-refractivity contribution in [1.29, 1.82) is 0 Å². The number of aryl methyl sites for hydroxylation is 1. The van der Waals surface area contributed by atoms with Crippen molar-refractivity contribution < 1.29 is 19.0 Å². The minimum atomic E-state index is 0.121. The van der Waals surface area contributed by atoms with E-state index in [1.807, 2.05) is 23.1 Å². The van der Waals surface area contributed by atoms with Gasteiger partial charge in [0.05, 0.1) is 7.11 Å². The molecule has 2 aliphatic heterocycles. The van der Waals surface area contributed by atoms with Crippen LogP contribution in [0.3, 0.4) is 0 Å². The summed E-state index contributed by atoms with van der Waals surface area (Å²) < 4.78 is 16.1. The van der Waals surface area contributed by atoms with E-state index in [9.17, 15) is 4.79 Å². The Morgan fingerprint density at radius 1 is 1.27 bits per heavy atom. The summed E-state index contributed by atoms with van der Waals surface area (Å²) in [5.41, 5.74) is 1.06. The Kier molecular flexibility index (Phi) is 4.51. The molecule has 0 aliphatic carbocycles. The van der Waals surface area contributed by atoms with Crippen LogP contribution >= 0.6 is 0 Å². The van der Waals surface area contributed by atoms with E-state index in [0.29, 0.717) is 0 Å². The average molecular weight is 303 g/mol. The van der Waals surface area contributed by atoms with E-state index in [4.69, 9.17) is 14.2 Å². The molecule has 1 aromatic rings. The number of methoxy groups -OCH3 is 1. The van der Waals surface area contributed by atoms with Gasteiger partial charge in [-0.3, -0.25) is 4.79 Å². The van der Waals surface area contributed by atoms with E-state index in [0.717, 1.165) is 61.6 Å². The number of fused-ring (bicyclic) bond motifs is 1. The number of carbonyl (C=O) groups is 1. The monoisotopic (exact) mass is 303 g/mol. The quantitative estimate of drug-likeness (QED) is 0.784. The van der Waals surface area contributed by atoms with Gasteiger partial charge in [-0.2, -0.15) is 0 Å². The third-order valence-electron chi connectivity index (χ3n) is 4.03. The van der Waals surface area contributed by atoms with Gasteiger partial charge in [-0.25, -0.2) is 0 Å². The number of hydrogen-bond donors (Lipinski definition) is 0. The minimum Gasteiger partial charge on any atom is -0.496 e. The first-order valence-electron chi connectivity index (χ1n) is 7.70. The maximum atomic E-state index is 11.9. The molecule has 0 radical (unpaired) electrons. The molecule has 0 saturated carbocycles. The van der Waals surface area contributed by atoms with Crippen molar-refractivity contribution in [2.45, 2.75) is 25.7 Å². The highest BCUT2D eigenvalue weighted by Crippen LogP contribution is 2.38. The van der Waals surface area contributed by atoms with Crippen LogP contribution in [0.5, 0.6) is 17.2 Å². The van der Waals surface area contributed by atoms with Crippen LogP contribution in [-0.4, -0.2) is 37.8 Å². The molecule has 1 fully saturated rings. The summed E-state index contributed by atoms with van der Waals surface area (Å²) >= 11 is 0. The summed E-state index contributed by atoms with van der Waals surface area (Å²) in [7, 11) is 1.65. The number of carbonyl (C=O) groups excluding carboxylic acids is 1. The van der Waals surface area contributed by atoms with Gasteiger partial charge in [0, 0.05) is 19.2 Å². The smallest absolute Gasteiger partial charge is 0.246 e. The van der Waals surface area contributed by atoms with Gasteiger partial charge in [-0.1, -0.05) is 6.08 Å². The molecule has 0 spiro atoms. The molecule has 22 heavy (non-hydrogen) atoms. The fraction of sp³-hybridized carbons (Fsp3) is 0.471. The molecule has 1 saturated heterocycles. The van der Waals surface area contributed by atoms with Gasteiger partial charge in [-0.15, -0.1) is 0 Å². The Morgan fingerprint density at radius 3 is 2.73 bits per heavy atom. The fourth-order valence-corrected chi connectivity index (χ4v) is 2.82. The molecule has 5 nitrogen and oxygen atoms in total. The van der Waals surface area contributed by atoms with Crippen molar-refractivity contribution in [3.05, 3.63) is 29.8 Å². The third-order valence-corrected chi connectivity index (χ3v) is 4.03. The molecule has 0 bridgehead atoms. The van der Waals surface area contributed by atoms with Crippen molar-refractivity contribution in [3.63, 3.8) is 0 Å². The highest BCUT2D eigenvalue weighted by atomic mass is 16.7. The lowest BCUT2D eigenvalue weighted by atomic mass is 10.1. The van der Waals surface area contributed by atoms with Crippen molar-refractivity contribution in [2.75, 3.05) is 27.0 Å². The zero-order valence-corrected chi connectivity index (χ0v) is 12.8. The lowest BCUT2D eigenvalue weighted by Crippen LogP contribution is -2.25. The van der Waals surface area contributed by atoms with Gasteiger partial charge in [-0.05, 0) is 43.4 Å². The van der Waals surface area contributed by atoms with Crippen molar-refractivity contribution in [2.24, 2.45) is 0 Å². The van der Waals surface area contributed by atoms with Crippen LogP contribution in [0.25, 0.3) is 0 Å². The normalized spacial score (nSPS) is 16.5. The van der Waals surface area contributed by atoms with Crippen LogP contribution in [0.1, 0.15) is 24.8 Å². The molecule has 2 heterocycles. The van der Waals surface area contributed by atoms with Crippen LogP contribution in [0.4, 0.5) is 0 Å². The van der Waals surface area contributed by atoms with Crippen molar-refractivity contribution in [3.8, 4) is 17.2 Å². The molecule has 2 aliphatic rings. The molecule has 1 amide bonds. The maximum absolute atomic E-state index is 11.9. The summed E-state index contributed by atoms with van der Waals surface area (Å²) in [6.07, 6.45) is 7.44. The standard InChI is InChI=1S/C17H21NO4/c1-20-14-11-16-15(21-12-22-16)10-13(14)6-2-3-7-17(19)18-8-4-5-9-18/h3,7,10-11H,2,4-6,8-9,12H2,1H3. The van der Waals surface area contributed by atoms with Crippen molar-refractivity contribution >= 4 is 5.91 Å². The van der Waals surface area contributed by atoms with Crippen LogP contribution in [0, 0.1) is 0 Å². The van der Waals surface area contributed by atoms with E-state index in [1.165, 1.54) is 0 Å². The van der Waals surface area contributed by atoms with Gasteiger partial charge in [0.15, 0.2) is 11.5 Å². The first kappa shape index (κ1) is 14.8. The van der Waals surface area contributed by atoms with E-state index < -0.39 is 0 Å². The molecule has 0 aromatic heterocycles. The van der Waals surface area contributed by atoms with E-state index in [-0.39, 0.29) is 12.7 Å². The van der Waals surface area contributed by atoms with E-state index >= 15 is 0 Å². The fourth-order valence-electron chi connectivity index (χ4n) is 2.82. The number of hydrogen-bond acceptors (Lipinski definition) is 4. The maximum Gasteiger partial charge on any atom is 0.246 e. The Morgan fingerprint density at radius 2 is 2.00 bits per heavy atom. The van der Waals surface area contributed by atoms with Gasteiger partial charge in [0.1, 0.15) is 5.75 Å². The van der Waals surface area contributed by atoms with E-state index in [1.54, 1.807) is 13.2 Å². The number of likely N-dealkylation sites (tertiary alicyclic amines) is 1. The largest absolute Gasteiger partial charge is 0.496 e. The van der Waals surface area contributed by atoms with Crippen LogP contribution in [0.15, 0.2) is 24.3 Å². The van der Waals surface area contributed by atoms with Crippen LogP contribution < -0.4 is 14.2 Å². The molecule has 5 heteroatoms. The van der Waals surface area contributed by atoms with Gasteiger partial charge < -0.3 is 19.1 Å². The second-order valence-electron chi connectivity index (χ2n) is 5.49. The first-order chi connectivity index (χ1) is 10.8. The van der Waals surface area contributed by atoms with Crippen LogP contribution in [0.2, 0.25) is 0 Å². The number of nitrogens with zero attached hydrogens (tertiary/aromatic N) is 1. The molecular weight excluding hydrogens is 282 g/mol. The predicted molar refractivity (Wildman–Crippen MR) is 82.4 cm³/mol. The summed E-state index contributed by atoms with van der Waals surface area (Å²) in [5, 5.41) is 0. The molecule has 1 aromatic carbocycles. The Labute approximate surface area is 130 Å². The lowest BCUT2D eigenvalue weighted by Gasteiger charge is -2.12. The molecule has 118 valence electrons. The van der Waals surface area contributed by atoms with E-state index in [2.05, 4.69) is 0 Å². The number of allylic oxidation sites excluding steroid dienone is 1. The SMILES string of the molecule is COc1cc2c(cc1CCC=CC(=O)N1CCCC1)OCO2. The topological polar surface area (TPSA) is 48.0 Å². The highest BCUT2D eigenvalue weighted by Gasteiger charge is 2.17. The third kappa shape index (κ3) is 3.18. The molecular formula is C17H21NO4. The number of amides is 1. The molecule has 0 atom stereocenters. The zero-order chi connectivity index (χ0) is 15.4. The van der Waals surface area contributed by atoms with Crippen molar-refractivity contribution in [1.82, 2.24) is 4.90 Å². The zero-order valence-electron chi connectivity index (χ0n) is 12.8. The summed E-state index contributed by atoms with van der Waals surface area (Å²) in [5.74, 6) is 2.40. The Balaban J connectivity index is 1.58.